The summed E-state index contributed by atoms with van der Waals surface area (Å²) < 4.78 is 12.6. The molecular weight excluding hydrogens is 536 g/mol. The van der Waals surface area contributed by atoms with E-state index in [-0.39, 0.29) is 11.3 Å². The SMILES string of the molecule is CCOc1cccc(/C(O)=C2\C(=O)C(=O)N(c3nc4ccc(C)cc4s3)C2c2cccc(Oc3ccccc3)c2)c1. The summed E-state index contributed by atoms with van der Waals surface area (Å²) in [5.74, 6) is -0.127. The van der Waals surface area contributed by atoms with Gasteiger partial charge in [0.2, 0.25) is 0 Å². The van der Waals surface area contributed by atoms with Crippen LogP contribution in [0.1, 0.15) is 29.7 Å². The van der Waals surface area contributed by atoms with Crippen LogP contribution in [0.4, 0.5) is 5.13 Å². The molecule has 0 bridgehead atoms. The molecule has 5 aromatic rings. The van der Waals surface area contributed by atoms with E-state index in [2.05, 4.69) is 0 Å². The number of ketones is 1. The number of anilines is 1. The molecule has 1 fully saturated rings. The molecule has 1 atom stereocenters. The van der Waals surface area contributed by atoms with Gasteiger partial charge in [-0.05, 0) is 73.5 Å². The second kappa shape index (κ2) is 10.9. The molecular formula is C33H26N2O5S. The van der Waals surface area contributed by atoms with E-state index in [0.717, 1.165) is 15.8 Å². The maximum Gasteiger partial charge on any atom is 0.301 e. The van der Waals surface area contributed by atoms with Gasteiger partial charge < -0.3 is 14.6 Å². The average molecular weight is 563 g/mol. The van der Waals surface area contributed by atoms with Crippen LogP contribution in [0.25, 0.3) is 16.0 Å². The summed E-state index contributed by atoms with van der Waals surface area (Å²) in [6.45, 7) is 4.29. The molecule has 0 spiro atoms. The van der Waals surface area contributed by atoms with Crippen molar-refractivity contribution >= 4 is 44.1 Å². The minimum Gasteiger partial charge on any atom is -0.507 e. The van der Waals surface area contributed by atoms with Gasteiger partial charge >= 0.3 is 5.91 Å². The Labute approximate surface area is 240 Å². The third-order valence-electron chi connectivity index (χ3n) is 6.75. The van der Waals surface area contributed by atoms with Crippen LogP contribution in [0.3, 0.4) is 0 Å². The number of carbonyl (C=O) groups is 2. The van der Waals surface area contributed by atoms with E-state index in [1.807, 2.05) is 68.4 Å². The van der Waals surface area contributed by atoms with Gasteiger partial charge in [-0.1, -0.05) is 59.9 Å². The molecule has 1 saturated heterocycles. The highest BCUT2D eigenvalue weighted by molar-refractivity contribution is 7.22. The molecule has 0 saturated carbocycles. The fourth-order valence-electron chi connectivity index (χ4n) is 4.90. The number of fused-ring (bicyclic) bond motifs is 1. The van der Waals surface area contributed by atoms with Crippen LogP contribution in [0.15, 0.2) is 103 Å². The fraction of sp³-hybridized carbons (Fsp3) is 0.121. The zero-order chi connectivity index (χ0) is 28.5. The van der Waals surface area contributed by atoms with Crippen molar-refractivity contribution < 1.29 is 24.2 Å². The molecule has 0 aliphatic carbocycles. The van der Waals surface area contributed by atoms with Gasteiger partial charge in [-0.15, -0.1) is 0 Å². The van der Waals surface area contributed by atoms with Gasteiger partial charge in [0.15, 0.2) is 5.13 Å². The third kappa shape index (κ3) is 5.05. The Morgan fingerprint density at radius 3 is 2.46 bits per heavy atom. The number of hydrogen-bond donors (Lipinski definition) is 1. The van der Waals surface area contributed by atoms with E-state index in [9.17, 15) is 14.7 Å². The molecule has 1 aliphatic heterocycles. The number of rotatable bonds is 7. The number of amides is 1. The molecule has 41 heavy (non-hydrogen) atoms. The maximum absolute atomic E-state index is 13.7. The van der Waals surface area contributed by atoms with Gasteiger partial charge in [0, 0.05) is 5.56 Å². The molecule has 0 radical (unpaired) electrons. The van der Waals surface area contributed by atoms with Crippen LogP contribution in [-0.2, 0) is 9.59 Å². The second-order valence-electron chi connectivity index (χ2n) is 9.59. The van der Waals surface area contributed by atoms with Crippen molar-refractivity contribution in [3.63, 3.8) is 0 Å². The Morgan fingerprint density at radius 2 is 1.66 bits per heavy atom. The summed E-state index contributed by atoms with van der Waals surface area (Å²) >= 11 is 1.32. The predicted octanol–water partition coefficient (Wildman–Crippen LogP) is 7.42. The number of aliphatic hydroxyl groups is 1. The van der Waals surface area contributed by atoms with E-state index in [0.29, 0.717) is 40.1 Å². The number of carbonyl (C=O) groups excluding carboxylic acids is 2. The largest absolute Gasteiger partial charge is 0.507 e. The summed E-state index contributed by atoms with van der Waals surface area (Å²) in [5, 5.41) is 11.9. The number of para-hydroxylation sites is 1. The smallest absolute Gasteiger partial charge is 0.301 e. The second-order valence-corrected chi connectivity index (χ2v) is 10.6. The van der Waals surface area contributed by atoms with Crippen LogP contribution in [0.5, 0.6) is 17.2 Å². The van der Waals surface area contributed by atoms with Gasteiger partial charge in [-0.25, -0.2) is 4.98 Å². The Balaban J connectivity index is 1.52. The Hall–Kier alpha value is -4.95. The van der Waals surface area contributed by atoms with Gasteiger partial charge in [-0.2, -0.15) is 0 Å². The summed E-state index contributed by atoms with van der Waals surface area (Å²) in [4.78, 5) is 33.4. The Kier molecular flexibility index (Phi) is 6.99. The van der Waals surface area contributed by atoms with Crippen molar-refractivity contribution in [3.05, 3.63) is 119 Å². The lowest BCUT2D eigenvalue weighted by Gasteiger charge is -2.23. The van der Waals surface area contributed by atoms with Gasteiger partial charge in [0.1, 0.15) is 23.0 Å². The molecule has 4 aromatic carbocycles. The highest BCUT2D eigenvalue weighted by atomic mass is 32.1. The molecule has 6 rings (SSSR count). The van der Waals surface area contributed by atoms with E-state index in [1.165, 1.54) is 16.2 Å². The molecule has 1 aliphatic rings. The van der Waals surface area contributed by atoms with Crippen molar-refractivity contribution in [3.8, 4) is 17.2 Å². The molecule has 1 unspecified atom stereocenters. The standard InChI is InChI=1S/C33H26N2O5S/c1-3-39-24-13-8-10-22(19-24)30(36)28-29(21-9-7-14-25(18-21)40-23-11-5-4-6-12-23)35(32(38)31(28)37)33-34-26-16-15-20(2)17-27(26)41-33/h4-19,29,36H,3H2,1-2H3/b30-28+. The number of aryl methyl sites for hydroxylation is 1. The lowest BCUT2D eigenvalue weighted by atomic mass is 9.95. The Morgan fingerprint density at radius 1 is 0.902 bits per heavy atom. The van der Waals surface area contributed by atoms with Crippen molar-refractivity contribution in [1.82, 2.24) is 4.98 Å². The minimum absolute atomic E-state index is 0.0315. The molecule has 204 valence electrons. The summed E-state index contributed by atoms with van der Waals surface area (Å²) in [5.41, 5.74) is 2.72. The minimum atomic E-state index is -0.938. The molecule has 2 heterocycles. The van der Waals surface area contributed by atoms with Crippen LogP contribution in [0.2, 0.25) is 0 Å². The topological polar surface area (TPSA) is 89.0 Å². The van der Waals surface area contributed by atoms with E-state index in [1.54, 1.807) is 42.5 Å². The molecule has 7 nitrogen and oxygen atoms in total. The summed E-state index contributed by atoms with van der Waals surface area (Å²) in [6.07, 6.45) is 0. The first-order chi connectivity index (χ1) is 19.9. The number of aliphatic hydroxyl groups excluding tert-OH is 1. The Bertz CT molecular complexity index is 1810. The third-order valence-corrected chi connectivity index (χ3v) is 7.77. The number of benzene rings is 4. The number of Topliss-reactive ketones (excluding diaryl/α,β-unsaturated/α-hetero) is 1. The first-order valence-electron chi connectivity index (χ1n) is 13.2. The average Bonchev–Trinajstić information content (AvgIpc) is 3.51. The number of hydrogen-bond acceptors (Lipinski definition) is 7. The van der Waals surface area contributed by atoms with Gasteiger partial charge in [0.25, 0.3) is 5.78 Å². The lowest BCUT2D eigenvalue weighted by Crippen LogP contribution is -2.29. The quantitative estimate of drug-likeness (QED) is 0.126. The van der Waals surface area contributed by atoms with Gasteiger partial charge in [0.05, 0.1) is 28.4 Å². The summed E-state index contributed by atoms with van der Waals surface area (Å²) in [7, 11) is 0. The van der Waals surface area contributed by atoms with Crippen LogP contribution in [-0.4, -0.2) is 28.4 Å². The van der Waals surface area contributed by atoms with E-state index in [4.69, 9.17) is 14.5 Å². The van der Waals surface area contributed by atoms with E-state index >= 15 is 0 Å². The number of thiazole rings is 1. The van der Waals surface area contributed by atoms with Crippen LogP contribution in [0, 0.1) is 6.92 Å². The van der Waals surface area contributed by atoms with Crippen LogP contribution >= 0.6 is 11.3 Å². The van der Waals surface area contributed by atoms with Crippen molar-refractivity contribution in [2.45, 2.75) is 19.9 Å². The monoisotopic (exact) mass is 562 g/mol. The first-order valence-corrected chi connectivity index (χ1v) is 14.0. The first kappa shape index (κ1) is 26.3. The zero-order valence-electron chi connectivity index (χ0n) is 22.4. The fourth-order valence-corrected chi connectivity index (χ4v) is 5.99. The van der Waals surface area contributed by atoms with Crippen molar-refractivity contribution in [1.29, 1.82) is 0 Å². The highest BCUT2D eigenvalue weighted by Crippen LogP contribution is 2.45. The maximum atomic E-state index is 13.7. The van der Waals surface area contributed by atoms with Crippen LogP contribution < -0.4 is 14.4 Å². The molecule has 1 amide bonds. The molecule has 1 N–H and O–H groups in total. The highest BCUT2D eigenvalue weighted by Gasteiger charge is 2.48. The normalized spacial score (nSPS) is 16.3. The molecule has 8 heteroatoms. The zero-order valence-corrected chi connectivity index (χ0v) is 23.2. The number of nitrogens with zero attached hydrogens (tertiary/aromatic N) is 2. The summed E-state index contributed by atoms with van der Waals surface area (Å²) in [6, 6.07) is 28.2. The number of ether oxygens (including phenoxy) is 2. The van der Waals surface area contributed by atoms with Gasteiger partial charge in [-0.3, -0.25) is 14.5 Å². The van der Waals surface area contributed by atoms with Crippen molar-refractivity contribution in [2.75, 3.05) is 11.5 Å². The number of aromatic nitrogens is 1. The van der Waals surface area contributed by atoms with Crippen molar-refractivity contribution in [2.24, 2.45) is 0 Å². The molecule has 1 aromatic heterocycles. The van der Waals surface area contributed by atoms with E-state index < -0.39 is 17.7 Å². The predicted molar refractivity (Wildman–Crippen MR) is 160 cm³/mol. The lowest BCUT2D eigenvalue weighted by molar-refractivity contribution is -0.132.